The number of fused-ring (bicyclic) bond motifs is 1. The molecule has 1 saturated heterocycles. The maximum absolute atomic E-state index is 12.2. The van der Waals surface area contributed by atoms with Gasteiger partial charge in [-0.3, -0.25) is 9.59 Å². The van der Waals surface area contributed by atoms with Crippen molar-refractivity contribution in [3.05, 3.63) is 36.0 Å². The molecule has 1 aliphatic heterocycles. The Morgan fingerprint density at radius 2 is 1.75 bits per heavy atom. The molecule has 24 heavy (non-hydrogen) atoms. The van der Waals surface area contributed by atoms with E-state index in [4.69, 9.17) is 4.74 Å². The van der Waals surface area contributed by atoms with Crippen LogP contribution >= 0.6 is 0 Å². The Morgan fingerprint density at radius 1 is 1.04 bits per heavy atom. The predicted molar refractivity (Wildman–Crippen MR) is 92.6 cm³/mol. The second-order valence-corrected chi connectivity index (χ2v) is 6.35. The molecule has 0 spiro atoms. The number of esters is 1. The summed E-state index contributed by atoms with van der Waals surface area (Å²) in [5.74, 6) is -0.440. The number of hydrogen-bond donors (Lipinski definition) is 1. The van der Waals surface area contributed by atoms with Crippen LogP contribution < -0.4 is 0 Å². The number of carbonyl (C=O) groups is 2. The minimum atomic E-state index is -0.361. The van der Waals surface area contributed by atoms with Crippen molar-refractivity contribution < 1.29 is 14.3 Å². The van der Waals surface area contributed by atoms with Gasteiger partial charge in [-0.15, -0.1) is 0 Å². The lowest BCUT2D eigenvalue weighted by molar-refractivity contribution is -0.151. The van der Waals surface area contributed by atoms with Crippen molar-refractivity contribution in [2.24, 2.45) is 0 Å². The van der Waals surface area contributed by atoms with Crippen LogP contribution in [0.25, 0.3) is 10.9 Å². The summed E-state index contributed by atoms with van der Waals surface area (Å²) in [4.78, 5) is 29.3. The minimum Gasteiger partial charge on any atom is -0.455 e. The van der Waals surface area contributed by atoms with E-state index >= 15 is 0 Å². The Hall–Kier alpha value is -2.30. The molecule has 1 fully saturated rings. The Kier molecular flexibility index (Phi) is 5.51. The molecule has 2 aromatic rings. The zero-order valence-electron chi connectivity index (χ0n) is 13.9. The van der Waals surface area contributed by atoms with Crippen molar-refractivity contribution in [2.75, 3.05) is 19.7 Å². The van der Waals surface area contributed by atoms with Crippen molar-refractivity contribution in [2.45, 2.75) is 38.5 Å². The summed E-state index contributed by atoms with van der Waals surface area (Å²) in [5.41, 5.74) is 1.89. The maximum atomic E-state index is 12.2. The number of ether oxygens (including phenoxy) is 1. The van der Waals surface area contributed by atoms with E-state index < -0.39 is 0 Å². The number of hydrogen-bond acceptors (Lipinski definition) is 3. The Labute approximate surface area is 142 Å². The number of carbonyl (C=O) groups excluding carboxylic acids is 2. The third-order valence-electron chi connectivity index (χ3n) is 4.58. The molecule has 1 aromatic carbocycles. The number of rotatable bonds is 4. The SMILES string of the molecule is O=C(Cc1c[nH]c2ccccc12)OCC(=O)N1CCCCCCC1. The van der Waals surface area contributed by atoms with Gasteiger partial charge in [0.25, 0.3) is 5.91 Å². The van der Waals surface area contributed by atoms with Crippen LogP contribution in [0.2, 0.25) is 0 Å². The average Bonchev–Trinajstić information content (AvgIpc) is 2.96. The molecule has 5 heteroatoms. The van der Waals surface area contributed by atoms with Gasteiger partial charge in [0.1, 0.15) is 0 Å². The molecule has 5 nitrogen and oxygen atoms in total. The molecule has 3 rings (SSSR count). The predicted octanol–water partition coefficient (Wildman–Crippen LogP) is 3.05. The van der Waals surface area contributed by atoms with Gasteiger partial charge < -0.3 is 14.6 Å². The molecular weight excluding hydrogens is 304 g/mol. The topological polar surface area (TPSA) is 62.4 Å². The summed E-state index contributed by atoms with van der Waals surface area (Å²) in [6.45, 7) is 1.40. The van der Waals surface area contributed by atoms with Crippen LogP contribution in [0, 0.1) is 0 Å². The zero-order chi connectivity index (χ0) is 16.8. The molecule has 1 aliphatic rings. The van der Waals surface area contributed by atoms with E-state index in [1.54, 1.807) is 0 Å². The number of nitrogens with one attached hydrogen (secondary N) is 1. The van der Waals surface area contributed by atoms with E-state index in [1.807, 2.05) is 35.4 Å². The van der Waals surface area contributed by atoms with Gasteiger partial charge in [0.2, 0.25) is 0 Å². The summed E-state index contributed by atoms with van der Waals surface area (Å²) in [5, 5.41) is 1.02. The quantitative estimate of drug-likeness (QED) is 0.878. The van der Waals surface area contributed by atoms with Crippen molar-refractivity contribution in [1.82, 2.24) is 9.88 Å². The Bertz CT molecular complexity index is 699. The first-order valence-corrected chi connectivity index (χ1v) is 8.72. The van der Waals surface area contributed by atoms with Gasteiger partial charge in [0.15, 0.2) is 6.61 Å². The normalized spacial score (nSPS) is 15.8. The number of nitrogens with zero attached hydrogens (tertiary/aromatic N) is 1. The van der Waals surface area contributed by atoms with E-state index in [2.05, 4.69) is 4.98 Å². The highest BCUT2D eigenvalue weighted by molar-refractivity contribution is 5.88. The molecule has 2 heterocycles. The largest absolute Gasteiger partial charge is 0.455 e. The summed E-state index contributed by atoms with van der Waals surface area (Å²) in [6, 6.07) is 7.83. The van der Waals surface area contributed by atoms with Crippen LogP contribution in [0.15, 0.2) is 30.5 Å². The molecule has 1 N–H and O–H groups in total. The van der Waals surface area contributed by atoms with Crippen LogP contribution in [0.3, 0.4) is 0 Å². The van der Waals surface area contributed by atoms with Crippen molar-refractivity contribution >= 4 is 22.8 Å². The molecule has 0 unspecified atom stereocenters. The highest BCUT2D eigenvalue weighted by atomic mass is 16.5. The van der Waals surface area contributed by atoms with Crippen LogP contribution in [0.1, 0.15) is 37.7 Å². The molecular formula is C19H24N2O3. The van der Waals surface area contributed by atoms with Crippen LogP contribution in [0.4, 0.5) is 0 Å². The number of H-pyrrole nitrogens is 1. The number of aromatic amines is 1. The number of likely N-dealkylation sites (tertiary alicyclic amines) is 1. The summed E-state index contributed by atoms with van der Waals surface area (Å²) in [7, 11) is 0. The lowest BCUT2D eigenvalue weighted by Gasteiger charge is -2.24. The highest BCUT2D eigenvalue weighted by Gasteiger charge is 2.17. The number of aromatic nitrogens is 1. The first-order chi connectivity index (χ1) is 11.7. The fourth-order valence-electron chi connectivity index (χ4n) is 3.21. The van der Waals surface area contributed by atoms with E-state index in [0.717, 1.165) is 42.4 Å². The second-order valence-electron chi connectivity index (χ2n) is 6.35. The third kappa shape index (κ3) is 4.16. The molecule has 1 amide bonds. The summed E-state index contributed by atoms with van der Waals surface area (Å²) >= 11 is 0. The first kappa shape index (κ1) is 16.6. The Morgan fingerprint density at radius 3 is 2.54 bits per heavy atom. The molecule has 0 saturated carbocycles. The zero-order valence-corrected chi connectivity index (χ0v) is 13.9. The Balaban J connectivity index is 1.50. The lowest BCUT2D eigenvalue weighted by atomic mass is 10.1. The van der Waals surface area contributed by atoms with E-state index in [1.165, 1.54) is 19.3 Å². The van der Waals surface area contributed by atoms with Crippen molar-refractivity contribution in [3.63, 3.8) is 0 Å². The van der Waals surface area contributed by atoms with Crippen LogP contribution in [-0.2, 0) is 20.7 Å². The number of amides is 1. The summed E-state index contributed by atoms with van der Waals surface area (Å²) < 4.78 is 5.21. The highest BCUT2D eigenvalue weighted by Crippen LogP contribution is 2.18. The first-order valence-electron chi connectivity index (χ1n) is 8.72. The van der Waals surface area contributed by atoms with Crippen LogP contribution in [-0.4, -0.2) is 41.5 Å². The maximum Gasteiger partial charge on any atom is 0.310 e. The summed E-state index contributed by atoms with van der Waals surface area (Å²) in [6.07, 6.45) is 7.67. The van der Waals surface area contributed by atoms with E-state index in [9.17, 15) is 9.59 Å². The van der Waals surface area contributed by atoms with Gasteiger partial charge in [-0.05, 0) is 24.5 Å². The molecule has 0 atom stereocenters. The van der Waals surface area contributed by atoms with Crippen molar-refractivity contribution in [3.8, 4) is 0 Å². The average molecular weight is 328 g/mol. The fraction of sp³-hybridized carbons (Fsp3) is 0.474. The van der Waals surface area contributed by atoms with Gasteiger partial charge in [0, 0.05) is 30.2 Å². The van der Waals surface area contributed by atoms with Gasteiger partial charge in [0.05, 0.1) is 6.42 Å². The molecule has 0 radical (unpaired) electrons. The number of benzene rings is 1. The van der Waals surface area contributed by atoms with Gasteiger partial charge in [-0.1, -0.05) is 37.5 Å². The standard InChI is InChI=1S/C19H24N2O3/c22-18(21-10-6-2-1-3-7-11-21)14-24-19(23)12-15-13-20-17-9-5-4-8-16(15)17/h4-5,8-9,13,20H,1-3,6-7,10-12,14H2. The molecule has 0 aliphatic carbocycles. The molecule has 128 valence electrons. The molecule has 1 aromatic heterocycles. The number of para-hydroxylation sites is 1. The van der Waals surface area contributed by atoms with E-state index in [0.29, 0.717) is 0 Å². The van der Waals surface area contributed by atoms with Crippen molar-refractivity contribution in [1.29, 1.82) is 0 Å². The van der Waals surface area contributed by atoms with Gasteiger partial charge >= 0.3 is 5.97 Å². The monoisotopic (exact) mass is 328 g/mol. The van der Waals surface area contributed by atoms with Gasteiger partial charge in [-0.2, -0.15) is 0 Å². The lowest BCUT2D eigenvalue weighted by Crippen LogP contribution is -2.37. The van der Waals surface area contributed by atoms with Crippen LogP contribution in [0.5, 0.6) is 0 Å². The third-order valence-corrected chi connectivity index (χ3v) is 4.58. The molecule has 0 bridgehead atoms. The minimum absolute atomic E-state index is 0.0795. The van der Waals surface area contributed by atoms with E-state index in [-0.39, 0.29) is 24.9 Å². The van der Waals surface area contributed by atoms with Gasteiger partial charge in [-0.25, -0.2) is 0 Å². The fourth-order valence-corrected chi connectivity index (χ4v) is 3.21. The second kappa shape index (κ2) is 7.99. The smallest absolute Gasteiger partial charge is 0.310 e.